The molecule has 449 valence electrons. The van der Waals surface area contributed by atoms with Gasteiger partial charge in [0.1, 0.15) is 34.5 Å². The predicted octanol–water partition coefficient (Wildman–Crippen LogP) is 0.432. The number of halogens is 1. The molecule has 26 heteroatoms. The van der Waals surface area contributed by atoms with Gasteiger partial charge in [0.15, 0.2) is 0 Å². The van der Waals surface area contributed by atoms with Crippen LogP contribution in [-0.4, -0.2) is 119 Å². The Bertz CT molecular complexity index is 2660. The normalized spacial score (nSPS) is 12.7. The van der Waals surface area contributed by atoms with Crippen LogP contribution in [0.2, 0.25) is 0 Å². The Balaban J connectivity index is 0.000000752. The summed E-state index contributed by atoms with van der Waals surface area (Å²) in [6, 6.07) is 29.9. The van der Waals surface area contributed by atoms with Gasteiger partial charge in [-0.25, -0.2) is 18.6 Å². The third-order valence-corrected chi connectivity index (χ3v) is 11.6. The standard InChI is InChI=1S/2C29H33N3O6.ClHO4.2Fe.Gd/c2*1-29(17-30-14-20-8-5-11-23(36-2)26(20)33,18-31-15-21-9-6-12-24(37-3)27(21)34)19-32-16-22-10-7-13-25(38-4)28(22)35;2-1(3,4)5;;;/h2*5-16,33-35H,17-19H2,1-4H3;(H,2,3,4,5);;;/q;;;+2;+3;+2/p-7. The van der Waals surface area contributed by atoms with Crippen molar-refractivity contribution >= 4 is 37.3 Å². The zero-order chi connectivity index (χ0) is 59.6. The van der Waals surface area contributed by atoms with Crippen LogP contribution in [-0.2, 0) is 34.1 Å². The van der Waals surface area contributed by atoms with E-state index < -0.39 is 21.1 Å². The fourth-order valence-electron chi connectivity index (χ4n) is 7.26. The molecule has 0 N–H and O–H groups in total. The number of ether oxygens (including phenoxy) is 6. The Hall–Kier alpha value is -6.57. The van der Waals surface area contributed by atoms with Gasteiger partial charge in [-0.1, -0.05) is 121 Å². The second-order valence-corrected chi connectivity index (χ2v) is 18.8. The minimum absolute atomic E-state index is 0. The molecule has 0 aromatic heterocycles. The van der Waals surface area contributed by atoms with Crippen molar-refractivity contribution in [3.63, 3.8) is 0 Å². The molecule has 0 spiro atoms. The van der Waals surface area contributed by atoms with Crippen LogP contribution in [0, 0.1) is 61.0 Å². The Morgan fingerprint density at radius 3 is 0.583 bits per heavy atom. The molecule has 0 atom stereocenters. The van der Waals surface area contributed by atoms with Crippen LogP contribution in [0.25, 0.3) is 0 Å². The van der Waals surface area contributed by atoms with Gasteiger partial charge in [0.05, 0.1) is 42.7 Å². The Labute approximate surface area is 543 Å². The topological polar surface area (TPSA) is 360 Å². The van der Waals surface area contributed by atoms with Crippen molar-refractivity contribution < 1.29 is 162 Å². The second kappa shape index (κ2) is 37.7. The van der Waals surface area contributed by atoms with Gasteiger partial charge < -0.3 is 59.1 Å². The van der Waals surface area contributed by atoms with Gasteiger partial charge in [-0.2, -0.15) is 0 Å². The first kappa shape index (κ1) is 75.4. The summed E-state index contributed by atoms with van der Waals surface area (Å²) in [5.41, 5.74) is 1.23. The zero-order valence-corrected chi connectivity index (χ0v) is 52.0. The molecule has 0 fully saturated rings. The first-order chi connectivity index (χ1) is 38.6. The third kappa shape index (κ3) is 24.2. The fourth-order valence-corrected chi connectivity index (χ4v) is 7.26. The zero-order valence-electron chi connectivity index (χ0n) is 46.8. The van der Waals surface area contributed by atoms with E-state index in [1.807, 2.05) is 13.8 Å². The molecule has 0 aliphatic rings. The number of rotatable bonds is 24. The molecule has 0 aliphatic heterocycles. The van der Waals surface area contributed by atoms with E-state index in [9.17, 15) is 30.6 Å². The van der Waals surface area contributed by atoms with Crippen LogP contribution in [0.4, 0.5) is 0 Å². The first-order valence-corrected chi connectivity index (χ1v) is 25.5. The van der Waals surface area contributed by atoms with Gasteiger partial charge in [-0.15, -0.1) is 10.2 Å². The van der Waals surface area contributed by atoms with Crippen molar-refractivity contribution in [3.05, 3.63) is 143 Å². The SMILES string of the molecule is COc1cccc(C=NCC(C)(CN=Cc2cccc(OC)c2[O-])CN=Cc2cccc(OC)c2[O-])c1[O-].COc1cccc(C=NCC(C)(CN=Cc2cccc(OC)c2[O-])CN=Cc2cccc(OC)c2[O-])c1[O-].[Fe+2].[Fe+3].[Gd+2].[O-][Cl+3]([O-])([O-])[O-]. The maximum absolute atomic E-state index is 12.4. The molecule has 22 nitrogen and oxygen atoms in total. The van der Waals surface area contributed by atoms with Gasteiger partial charge in [0.2, 0.25) is 0 Å². The average Bonchev–Trinajstić information content (AvgIpc) is 3.66. The molecule has 6 aromatic carbocycles. The average molecular weight is 1400 g/mol. The van der Waals surface area contributed by atoms with E-state index in [1.165, 1.54) is 79.9 Å². The summed E-state index contributed by atoms with van der Waals surface area (Å²) in [5, 5.41) is 74.6. The molecule has 6 aromatic rings. The molecule has 0 heterocycles. The third-order valence-electron chi connectivity index (χ3n) is 11.6. The maximum Gasteiger partial charge on any atom is 3.00 e. The summed E-state index contributed by atoms with van der Waals surface area (Å²) in [5.74, 6) is -0.0677. The minimum Gasteiger partial charge on any atom is -0.870 e. The second-order valence-electron chi connectivity index (χ2n) is 18.1. The minimum atomic E-state index is -4.94. The van der Waals surface area contributed by atoms with Gasteiger partial charge >= 0.3 is 74.1 Å². The van der Waals surface area contributed by atoms with Crippen LogP contribution in [0.5, 0.6) is 69.0 Å². The van der Waals surface area contributed by atoms with Crippen LogP contribution in [0.15, 0.2) is 139 Å². The van der Waals surface area contributed by atoms with Crippen LogP contribution >= 0.6 is 0 Å². The van der Waals surface area contributed by atoms with E-state index in [2.05, 4.69) is 30.0 Å². The van der Waals surface area contributed by atoms with Gasteiger partial charge in [-0.05, 0) is 69.8 Å². The summed E-state index contributed by atoms with van der Waals surface area (Å²) in [7, 11) is 3.70. The van der Waals surface area contributed by atoms with Crippen LogP contribution in [0.3, 0.4) is 0 Å². The Morgan fingerprint density at radius 1 is 0.333 bits per heavy atom. The number of para-hydroxylation sites is 6. The molecule has 0 saturated carbocycles. The molecule has 0 bridgehead atoms. The van der Waals surface area contributed by atoms with Gasteiger partial charge in [0.25, 0.3) is 0 Å². The molecular formula is C58H60ClFe2GdN6O16. The summed E-state index contributed by atoms with van der Waals surface area (Å²) in [6.07, 6.45) is 9.04. The van der Waals surface area contributed by atoms with Crippen molar-refractivity contribution in [3.8, 4) is 69.0 Å². The van der Waals surface area contributed by atoms with Crippen molar-refractivity contribution in [2.45, 2.75) is 13.8 Å². The molecule has 0 aliphatic carbocycles. The van der Waals surface area contributed by atoms with Crippen LogP contribution < -0.4 is 77.7 Å². The van der Waals surface area contributed by atoms with Crippen molar-refractivity contribution in [1.29, 1.82) is 0 Å². The summed E-state index contributed by atoms with van der Waals surface area (Å²) >= 11 is 0. The van der Waals surface area contributed by atoms with E-state index in [0.29, 0.717) is 33.4 Å². The smallest absolute Gasteiger partial charge is 0.870 e. The number of aliphatic imine (C=N–C) groups is 6. The largest absolute Gasteiger partial charge is 3.00 e. The van der Waals surface area contributed by atoms with E-state index in [0.717, 1.165) is 0 Å². The van der Waals surface area contributed by atoms with E-state index in [1.54, 1.807) is 109 Å². The van der Waals surface area contributed by atoms with E-state index in [-0.39, 0.29) is 182 Å². The fraction of sp³-hybridized carbons (Fsp3) is 0.276. The molecule has 0 saturated heterocycles. The molecule has 84 heavy (non-hydrogen) atoms. The molecular weight excluding hydrogens is 1340 g/mol. The Morgan fingerprint density at radius 2 is 0.464 bits per heavy atom. The quantitative estimate of drug-likeness (QED) is 0.0586. The van der Waals surface area contributed by atoms with Crippen molar-refractivity contribution in [2.75, 3.05) is 81.9 Å². The number of benzene rings is 6. The van der Waals surface area contributed by atoms with Crippen molar-refractivity contribution in [1.82, 2.24) is 0 Å². The molecule has 0 amide bonds. The monoisotopic (exact) mass is 1400 g/mol. The van der Waals surface area contributed by atoms with Crippen molar-refractivity contribution in [2.24, 2.45) is 40.8 Å². The maximum atomic E-state index is 12.4. The number of hydrogen-bond donors (Lipinski definition) is 0. The number of methoxy groups -OCH3 is 6. The number of nitrogens with zero attached hydrogens (tertiary/aromatic N) is 6. The van der Waals surface area contributed by atoms with E-state index >= 15 is 0 Å². The predicted molar refractivity (Wildman–Crippen MR) is 286 cm³/mol. The Kier molecular flexibility index (Phi) is 33.8. The molecule has 1 radical (unpaired) electrons. The summed E-state index contributed by atoms with van der Waals surface area (Å²) in [4.78, 5) is 27.0. The number of hydrogen-bond acceptors (Lipinski definition) is 22. The molecule has 6 rings (SSSR count). The molecule has 0 unspecified atom stereocenters. The van der Waals surface area contributed by atoms with Crippen LogP contribution in [0.1, 0.15) is 47.2 Å². The van der Waals surface area contributed by atoms with Gasteiger partial charge in [0, 0.05) is 87.4 Å². The van der Waals surface area contributed by atoms with E-state index in [4.69, 9.17) is 47.1 Å². The first-order valence-electron chi connectivity index (χ1n) is 24.3. The van der Waals surface area contributed by atoms with Gasteiger partial charge in [-0.3, -0.25) is 30.0 Å². The summed E-state index contributed by atoms with van der Waals surface area (Å²) < 4.78 is 64.5. The summed E-state index contributed by atoms with van der Waals surface area (Å²) in [6.45, 7) is 5.57.